The molecule has 0 aliphatic carbocycles. The van der Waals surface area contributed by atoms with Gasteiger partial charge in [-0.15, -0.1) is 0 Å². The molecule has 2 aliphatic rings. The second kappa shape index (κ2) is 4.74. The van der Waals surface area contributed by atoms with Gasteiger partial charge >= 0.3 is 0 Å². The molecule has 0 radical (unpaired) electrons. The van der Waals surface area contributed by atoms with Gasteiger partial charge in [-0.25, -0.2) is 0 Å². The van der Waals surface area contributed by atoms with Crippen molar-refractivity contribution < 1.29 is 9.47 Å². The maximum absolute atomic E-state index is 5.94. The summed E-state index contributed by atoms with van der Waals surface area (Å²) >= 11 is 3.55. The van der Waals surface area contributed by atoms with E-state index < -0.39 is 0 Å². The number of fused-ring (bicyclic) bond motifs is 1. The lowest BCUT2D eigenvalue weighted by Gasteiger charge is -2.28. The molecule has 1 fully saturated rings. The first-order chi connectivity index (χ1) is 8.71. The van der Waals surface area contributed by atoms with Gasteiger partial charge in [-0.3, -0.25) is 0 Å². The topological polar surface area (TPSA) is 30.5 Å². The van der Waals surface area contributed by atoms with E-state index in [1.54, 1.807) is 0 Å². The van der Waals surface area contributed by atoms with Crippen LogP contribution in [0.1, 0.15) is 31.7 Å². The number of nitrogens with one attached hydrogen (secondary N) is 1. The molecule has 98 valence electrons. The fourth-order valence-corrected chi connectivity index (χ4v) is 3.21. The van der Waals surface area contributed by atoms with E-state index in [0.717, 1.165) is 48.6 Å². The van der Waals surface area contributed by atoms with Gasteiger partial charge in [0.05, 0.1) is 17.7 Å². The van der Waals surface area contributed by atoms with Crippen LogP contribution in [0.15, 0.2) is 16.6 Å². The number of halogens is 1. The van der Waals surface area contributed by atoms with Crippen molar-refractivity contribution in [2.75, 3.05) is 19.8 Å². The normalized spacial score (nSPS) is 27.0. The van der Waals surface area contributed by atoms with Gasteiger partial charge in [0.1, 0.15) is 0 Å². The Balaban J connectivity index is 2.10. The van der Waals surface area contributed by atoms with Crippen LogP contribution in [-0.4, -0.2) is 19.8 Å². The van der Waals surface area contributed by atoms with Crippen molar-refractivity contribution in [3.8, 4) is 11.5 Å². The second-order valence-electron chi connectivity index (χ2n) is 5.17. The third-order valence-electron chi connectivity index (χ3n) is 3.81. The lowest BCUT2D eigenvalue weighted by atomic mass is 9.89. The maximum atomic E-state index is 5.94. The first-order valence-corrected chi connectivity index (χ1v) is 7.34. The lowest BCUT2D eigenvalue weighted by molar-refractivity contribution is 0.292. The zero-order chi connectivity index (χ0) is 12.6. The minimum atomic E-state index is 0.0124. The van der Waals surface area contributed by atoms with Crippen LogP contribution >= 0.6 is 15.9 Å². The second-order valence-corrected chi connectivity index (χ2v) is 6.02. The molecule has 0 spiro atoms. The number of rotatable bonds is 1. The first-order valence-electron chi connectivity index (χ1n) is 6.54. The summed E-state index contributed by atoms with van der Waals surface area (Å²) in [5.74, 6) is 1.78. The standard InChI is InChI=1S/C14H18BrNO2/c1-14(6-2-7-16-14)10-4-5-11(15)13-12(10)17-8-3-9-18-13/h4-5,16H,2-3,6-9H2,1H3. The Morgan fingerprint density at radius 3 is 2.67 bits per heavy atom. The van der Waals surface area contributed by atoms with Crippen LogP contribution in [0.3, 0.4) is 0 Å². The highest BCUT2D eigenvalue weighted by atomic mass is 79.9. The van der Waals surface area contributed by atoms with Gasteiger partial charge in [-0.1, -0.05) is 6.07 Å². The summed E-state index contributed by atoms with van der Waals surface area (Å²) in [6.45, 7) is 4.77. The molecule has 1 saturated heterocycles. The Labute approximate surface area is 116 Å². The Morgan fingerprint density at radius 2 is 1.94 bits per heavy atom. The molecule has 0 bridgehead atoms. The smallest absolute Gasteiger partial charge is 0.175 e. The number of hydrogen-bond donors (Lipinski definition) is 1. The summed E-state index contributed by atoms with van der Waals surface area (Å²) in [4.78, 5) is 0. The fraction of sp³-hybridized carbons (Fsp3) is 0.571. The zero-order valence-corrected chi connectivity index (χ0v) is 12.2. The number of benzene rings is 1. The third kappa shape index (κ3) is 2.01. The Morgan fingerprint density at radius 1 is 1.17 bits per heavy atom. The maximum Gasteiger partial charge on any atom is 0.175 e. The van der Waals surface area contributed by atoms with Gasteiger partial charge in [0.15, 0.2) is 11.5 Å². The van der Waals surface area contributed by atoms with Crippen molar-refractivity contribution >= 4 is 15.9 Å². The summed E-state index contributed by atoms with van der Waals surface area (Å²) in [5.41, 5.74) is 1.23. The molecular formula is C14H18BrNO2. The Bertz CT molecular complexity index is 455. The fourth-order valence-electron chi connectivity index (χ4n) is 2.78. The van der Waals surface area contributed by atoms with Crippen LogP contribution in [0.5, 0.6) is 11.5 Å². The van der Waals surface area contributed by atoms with Crippen molar-refractivity contribution in [2.24, 2.45) is 0 Å². The quantitative estimate of drug-likeness (QED) is 0.864. The highest BCUT2D eigenvalue weighted by Crippen LogP contribution is 2.45. The van der Waals surface area contributed by atoms with Crippen LogP contribution < -0.4 is 14.8 Å². The molecule has 1 N–H and O–H groups in total. The number of hydrogen-bond acceptors (Lipinski definition) is 3. The molecule has 2 aliphatic heterocycles. The minimum Gasteiger partial charge on any atom is -0.489 e. The van der Waals surface area contributed by atoms with Gasteiger partial charge in [0.25, 0.3) is 0 Å². The van der Waals surface area contributed by atoms with Crippen molar-refractivity contribution in [2.45, 2.75) is 31.7 Å². The van der Waals surface area contributed by atoms with Crippen molar-refractivity contribution in [3.63, 3.8) is 0 Å². The molecule has 0 amide bonds. The predicted octanol–water partition coefficient (Wildman–Crippen LogP) is 3.21. The monoisotopic (exact) mass is 311 g/mol. The van der Waals surface area contributed by atoms with Gasteiger partial charge < -0.3 is 14.8 Å². The van der Waals surface area contributed by atoms with E-state index >= 15 is 0 Å². The number of ether oxygens (including phenoxy) is 2. The van der Waals surface area contributed by atoms with E-state index in [0.29, 0.717) is 0 Å². The average molecular weight is 312 g/mol. The minimum absolute atomic E-state index is 0.0124. The summed E-state index contributed by atoms with van der Waals surface area (Å²) in [6, 6.07) is 4.21. The van der Waals surface area contributed by atoms with Crippen LogP contribution in [-0.2, 0) is 5.54 Å². The molecule has 18 heavy (non-hydrogen) atoms. The molecule has 4 heteroatoms. The summed E-state index contributed by atoms with van der Waals surface area (Å²) in [6.07, 6.45) is 3.29. The molecule has 1 unspecified atom stereocenters. The van der Waals surface area contributed by atoms with E-state index in [9.17, 15) is 0 Å². The van der Waals surface area contributed by atoms with Crippen LogP contribution in [0.4, 0.5) is 0 Å². The molecule has 1 aromatic carbocycles. The van der Waals surface area contributed by atoms with Gasteiger partial charge in [-0.2, -0.15) is 0 Å². The van der Waals surface area contributed by atoms with E-state index in [1.807, 2.05) is 0 Å². The van der Waals surface area contributed by atoms with E-state index in [4.69, 9.17) is 9.47 Å². The lowest BCUT2D eigenvalue weighted by Crippen LogP contribution is -2.33. The molecule has 0 saturated carbocycles. The van der Waals surface area contributed by atoms with Crippen molar-refractivity contribution in [1.29, 1.82) is 0 Å². The van der Waals surface area contributed by atoms with Crippen LogP contribution in [0.25, 0.3) is 0 Å². The summed E-state index contributed by atoms with van der Waals surface area (Å²) in [5, 5.41) is 3.59. The van der Waals surface area contributed by atoms with Gasteiger partial charge in [0, 0.05) is 17.5 Å². The van der Waals surface area contributed by atoms with E-state index in [2.05, 4.69) is 40.3 Å². The van der Waals surface area contributed by atoms with Crippen molar-refractivity contribution in [3.05, 3.63) is 22.2 Å². The molecule has 3 rings (SSSR count). The molecule has 3 nitrogen and oxygen atoms in total. The largest absolute Gasteiger partial charge is 0.489 e. The molecular weight excluding hydrogens is 294 g/mol. The highest BCUT2D eigenvalue weighted by molar-refractivity contribution is 9.10. The van der Waals surface area contributed by atoms with Gasteiger partial charge in [0.2, 0.25) is 0 Å². The van der Waals surface area contributed by atoms with Gasteiger partial charge in [-0.05, 0) is 48.3 Å². The molecule has 1 atom stereocenters. The van der Waals surface area contributed by atoms with Crippen molar-refractivity contribution in [1.82, 2.24) is 5.32 Å². The summed E-state index contributed by atoms with van der Waals surface area (Å²) < 4.78 is 12.7. The Kier molecular flexibility index (Phi) is 3.24. The Hall–Kier alpha value is -0.740. The van der Waals surface area contributed by atoms with Crippen LogP contribution in [0.2, 0.25) is 0 Å². The SMILES string of the molecule is CC1(c2ccc(Br)c3c2OCCCO3)CCCN1. The van der Waals surface area contributed by atoms with E-state index in [-0.39, 0.29) is 5.54 Å². The highest BCUT2D eigenvalue weighted by Gasteiger charge is 2.35. The molecule has 2 heterocycles. The first kappa shape index (κ1) is 12.3. The van der Waals surface area contributed by atoms with Crippen LogP contribution in [0, 0.1) is 0 Å². The molecule has 1 aromatic rings. The third-order valence-corrected chi connectivity index (χ3v) is 4.43. The molecule has 0 aromatic heterocycles. The predicted molar refractivity (Wildman–Crippen MR) is 74.3 cm³/mol. The average Bonchev–Trinajstić information content (AvgIpc) is 2.65. The zero-order valence-electron chi connectivity index (χ0n) is 10.6. The van der Waals surface area contributed by atoms with E-state index in [1.165, 1.54) is 12.0 Å². The summed E-state index contributed by atoms with van der Waals surface area (Å²) in [7, 11) is 0.